The minimum Gasteiger partial charge on any atom is -0.478 e. The fourth-order valence-corrected chi connectivity index (χ4v) is 1.82. The number of rotatable bonds is 3. The van der Waals surface area contributed by atoms with Crippen LogP contribution in [0.1, 0.15) is 10.4 Å². The van der Waals surface area contributed by atoms with Crippen LogP contribution < -0.4 is 0 Å². The average Bonchev–Trinajstić information content (AvgIpc) is 2.74. The Morgan fingerprint density at radius 3 is 2.72 bits per heavy atom. The predicted molar refractivity (Wildman–Crippen MR) is 69.9 cm³/mol. The lowest BCUT2D eigenvalue weighted by molar-refractivity contribution is -0.384. The van der Waals surface area contributed by atoms with Gasteiger partial charge in [-0.05, 0) is 28.7 Å². The lowest BCUT2D eigenvalue weighted by atomic mass is 10.1. The van der Waals surface area contributed by atoms with Gasteiger partial charge in [0.25, 0.3) is 5.69 Å². The first-order valence-corrected chi connectivity index (χ1v) is 5.79. The molecule has 0 atom stereocenters. The van der Waals surface area contributed by atoms with E-state index >= 15 is 0 Å². The number of nitro benzene ring substituents is 1. The number of aromatic carboxylic acids is 1. The smallest absolute Gasteiger partial charge is 0.337 e. The van der Waals surface area contributed by atoms with Crippen molar-refractivity contribution in [3.8, 4) is 5.69 Å². The monoisotopic (exact) mass is 359 g/mol. The molecule has 0 saturated heterocycles. The topological polar surface area (TPSA) is 98.3 Å². The van der Waals surface area contributed by atoms with Crippen molar-refractivity contribution in [1.29, 1.82) is 0 Å². The molecule has 8 heteroatoms. The van der Waals surface area contributed by atoms with Gasteiger partial charge in [0.15, 0.2) is 0 Å². The molecular formula is C10H6IN3O4. The molecule has 92 valence electrons. The molecule has 1 heterocycles. The molecule has 0 aliphatic heterocycles. The van der Waals surface area contributed by atoms with Crippen LogP contribution in [0.25, 0.3) is 5.69 Å². The largest absolute Gasteiger partial charge is 0.478 e. The van der Waals surface area contributed by atoms with E-state index in [4.69, 9.17) is 5.11 Å². The van der Waals surface area contributed by atoms with Crippen molar-refractivity contribution < 1.29 is 14.8 Å². The van der Waals surface area contributed by atoms with Crippen LogP contribution in [0, 0.1) is 13.7 Å². The first-order chi connectivity index (χ1) is 8.49. The highest BCUT2D eigenvalue weighted by Gasteiger charge is 2.17. The van der Waals surface area contributed by atoms with Crippen LogP contribution in [0.2, 0.25) is 0 Å². The Balaban J connectivity index is 2.64. The van der Waals surface area contributed by atoms with Gasteiger partial charge >= 0.3 is 5.97 Å². The highest BCUT2D eigenvalue weighted by Crippen LogP contribution is 2.21. The highest BCUT2D eigenvalue weighted by molar-refractivity contribution is 14.1. The number of carboxylic acids is 1. The number of carbonyl (C=O) groups is 1. The summed E-state index contributed by atoms with van der Waals surface area (Å²) in [5.41, 5.74) is -0.0553. The minimum absolute atomic E-state index is 0.0416. The zero-order chi connectivity index (χ0) is 13.3. The number of non-ortho nitro benzene ring substituents is 1. The zero-order valence-corrected chi connectivity index (χ0v) is 10.9. The second-order valence-corrected chi connectivity index (χ2v) is 4.61. The van der Waals surface area contributed by atoms with Crippen LogP contribution in [-0.4, -0.2) is 25.8 Å². The van der Waals surface area contributed by atoms with E-state index in [0.29, 0.717) is 0 Å². The highest BCUT2D eigenvalue weighted by atomic mass is 127. The van der Waals surface area contributed by atoms with E-state index in [2.05, 4.69) is 5.10 Å². The predicted octanol–water partition coefficient (Wildman–Crippen LogP) is 2.08. The molecule has 0 radical (unpaired) electrons. The van der Waals surface area contributed by atoms with Gasteiger partial charge in [-0.3, -0.25) is 10.1 Å². The number of carboxylic acid groups (broad SMARTS) is 1. The van der Waals surface area contributed by atoms with Gasteiger partial charge in [-0.2, -0.15) is 5.10 Å². The molecule has 2 rings (SSSR count). The summed E-state index contributed by atoms with van der Waals surface area (Å²) in [6.07, 6.45) is 3.12. The SMILES string of the molecule is O=C(O)c1ccc([N+](=O)[O-])cc1-n1cc(I)cn1. The maximum Gasteiger partial charge on any atom is 0.337 e. The molecule has 18 heavy (non-hydrogen) atoms. The van der Waals surface area contributed by atoms with Crippen LogP contribution >= 0.6 is 22.6 Å². The van der Waals surface area contributed by atoms with E-state index in [1.165, 1.54) is 23.0 Å². The number of hydrogen-bond donors (Lipinski definition) is 1. The molecule has 0 unspecified atom stereocenters. The first kappa shape index (κ1) is 12.5. The number of benzene rings is 1. The van der Waals surface area contributed by atoms with Gasteiger partial charge in [0.1, 0.15) is 0 Å². The van der Waals surface area contributed by atoms with Crippen LogP contribution in [0.15, 0.2) is 30.6 Å². The average molecular weight is 359 g/mol. The van der Waals surface area contributed by atoms with Crippen molar-refractivity contribution >= 4 is 34.2 Å². The van der Waals surface area contributed by atoms with Gasteiger partial charge in [0.05, 0.1) is 25.9 Å². The van der Waals surface area contributed by atoms with Crippen LogP contribution in [-0.2, 0) is 0 Å². The molecule has 7 nitrogen and oxygen atoms in total. The van der Waals surface area contributed by atoms with E-state index in [9.17, 15) is 14.9 Å². The van der Waals surface area contributed by atoms with Gasteiger partial charge in [0.2, 0.25) is 0 Å². The molecule has 0 bridgehead atoms. The van der Waals surface area contributed by atoms with Crippen molar-refractivity contribution in [2.75, 3.05) is 0 Å². The molecule has 0 aliphatic carbocycles. The van der Waals surface area contributed by atoms with Crippen molar-refractivity contribution in [2.24, 2.45) is 0 Å². The Bertz CT molecular complexity index is 638. The van der Waals surface area contributed by atoms with Crippen LogP contribution in [0.3, 0.4) is 0 Å². The summed E-state index contributed by atoms with van der Waals surface area (Å²) in [5.74, 6) is -1.16. The minimum atomic E-state index is -1.16. The van der Waals surface area contributed by atoms with E-state index in [-0.39, 0.29) is 16.9 Å². The molecule has 1 N–H and O–H groups in total. The second kappa shape index (κ2) is 4.72. The standard InChI is InChI=1S/C10H6IN3O4/c11-6-4-12-13(5-6)9-3-7(14(17)18)1-2-8(9)10(15)16/h1-5H,(H,15,16). The van der Waals surface area contributed by atoms with E-state index in [1.807, 2.05) is 22.6 Å². The summed E-state index contributed by atoms with van der Waals surface area (Å²) in [5, 5.41) is 23.7. The number of nitrogens with zero attached hydrogens (tertiary/aromatic N) is 3. The van der Waals surface area contributed by atoms with Crippen LogP contribution in [0.5, 0.6) is 0 Å². The van der Waals surface area contributed by atoms with Crippen molar-refractivity contribution in [2.45, 2.75) is 0 Å². The molecule has 1 aromatic heterocycles. The fraction of sp³-hybridized carbons (Fsp3) is 0. The summed E-state index contributed by atoms with van der Waals surface area (Å²) < 4.78 is 2.11. The molecule has 0 saturated carbocycles. The van der Waals surface area contributed by atoms with Gasteiger partial charge in [0, 0.05) is 18.3 Å². The molecular weight excluding hydrogens is 353 g/mol. The Labute approximate surface area is 114 Å². The third kappa shape index (κ3) is 2.32. The zero-order valence-electron chi connectivity index (χ0n) is 8.78. The van der Waals surface area contributed by atoms with Crippen molar-refractivity contribution in [1.82, 2.24) is 9.78 Å². The lowest BCUT2D eigenvalue weighted by Gasteiger charge is -2.05. The molecule has 0 fully saturated rings. The lowest BCUT2D eigenvalue weighted by Crippen LogP contribution is -2.06. The normalized spacial score (nSPS) is 10.3. The van der Waals surface area contributed by atoms with E-state index in [0.717, 1.165) is 9.64 Å². The first-order valence-electron chi connectivity index (χ1n) is 4.71. The maximum absolute atomic E-state index is 11.1. The summed E-state index contributed by atoms with van der Waals surface area (Å²) in [7, 11) is 0. The van der Waals surface area contributed by atoms with Gasteiger partial charge in [-0.25, -0.2) is 9.48 Å². The molecule has 2 aromatic rings. The van der Waals surface area contributed by atoms with Crippen LogP contribution in [0.4, 0.5) is 5.69 Å². The summed E-state index contributed by atoms with van der Waals surface area (Å²) in [4.78, 5) is 21.2. The third-order valence-electron chi connectivity index (χ3n) is 2.22. The molecule has 0 spiro atoms. The third-order valence-corrected chi connectivity index (χ3v) is 2.78. The Hall–Kier alpha value is -1.97. The number of hydrogen-bond acceptors (Lipinski definition) is 4. The fourth-order valence-electron chi connectivity index (χ4n) is 1.44. The number of aromatic nitrogens is 2. The molecule has 0 amide bonds. The Morgan fingerprint density at radius 2 is 2.22 bits per heavy atom. The van der Waals surface area contributed by atoms with Crippen molar-refractivity contribution in [3.63, 3.8) is 0 Å². The summed E-state index contributed by atoms with van der Waals surface area (Å²) >= 11 is 2.01. The maximum atomic E-state index is 11.1. The summed E-state index contributed by atoms with van der Waals surface area (Å²) in [6.45, 7) is 0. The molecule has 1 aromatic carbocycles. The Kier molecular flexibility index (Phi) is 3.28. The second-order valence-electron chi connectivity index (χ2n) is 3.37. The van der Waals surface area contributed by atoms with Gasteiger partial charge in [-0.15, -0.1) is 0 Å². The van der Waals surface area contributed by atoms with Gasteiger partial charge < -0.3 is 5.11 Å². The number of nitro groups is 1. The summed E-state index contributed by atoms with van der Waals surface area (Å²) in [6, 6.07) is 3.54. The quantitative estimate of drug-likeness (QED) is 0.514. The van der Waals surface area contributed by atoms with Crippen molar-refractivity contribution in [3.05, 3.63) is 49.8 Å². The number of halogens is 1. The molecule has 0 aliphatic rings. The Morgan fingerprint density at radius 1 is 1.50 bits per heavy atom. The van der Waals surface area contributed by atoms with Gasteiger partial charge in [-0.1, -0.05) is 0 Å². The van der Waals surface area contributed by atoms with E-state index < -0.39 is 10.9 Å². The van der Waals surface area contributed by atoms with E-state index in [1.54, 1.807) is 6.20 Å².